The third-order valence-corrected chi connectivity index (χ3v) is 5.33. The number of rotatable bonds is 6. The Morgan fingerprint density at radius 1 is 1.11 bits per heavy atom. The second-order valence-electron chi connectivity index (χ2n) is 7.41. The molecule has 2 N–H and O–H groups in total. The molecule has 2 aromatic heterocycles. The summed E-state index contributed by atoms with van der Waals surface area (Å²) in [6, 6.07) is 21.1. The molecule has 0 radical (unpaired) electrons. The van der Waals surface area contributed by atoms with Gasteiger partial charge in [-0.3, -0.25) is 4.68 Å². The van der Waals surface area contributed by atoms with Gasteiger partial charge in [0.15, 0.2) is 5.76 Å². The number of aromatic nitrogens is 2. The molecule has 0 spiro atoms. The topological polar surface area (TPSA) is 55.0 Å². The average molecular weight is 372 g/mol. The molecule has 0 amide bonds. The van der Waals surface area contributed by atoms with Gasteiger partial charge in [0.2, 0.25) is 0 Å². The number of para-hydroxylation sites is 1. The van der Waals surface area contributed by atoms with Gasteiger partial charge in [0.1, 0.15) is 11.3 Å². The van der Waals surface area contributed by atoms with E-state index in [9.17, 15) is 0 Å². The highest BCUT2D eigenvalue weighted by atomic mass is 16.3. The van der Waals surface area contributed by atoms with Crippen LogP contribution in [0.15, 0.2) is 71.3 Å². The Kier molecular flexibility index (Phi) is 4.69. The van der Waals surface area contributed by atoms with Crippen molar-refractivity contribution in [1.82, 2.24) is 20.4 Å². The van der Waals surface area contributed by atoms with Crippen LogP contribution in [-0.2, 0) is 13.1 Å². The van der Waals surface area contributed by atoms with Crippen molar-refractivity contribution < 1.29 is 4.42 Å². The lowest BCUT2D eigenvalue weighted by Crippen LogP contribution is -2.30. The molecule has 1 fully saturated rings. The largest absolute Gasteiger partial charge is 0.454 e. The van der Waals surface area contributed by atoms with Crippen LogP contribution in [0.4, 0.5) is 0 Å². The van der Waals surface area contributed by atoms with Crippen LogP contribution in [0, 0.1) is 0 Å². The lowest BCUT2D eigenvalue weighted by molar-refractivity contribution is 0.546. The molecule has 0 aliphatic carbocycles. The Balaban J connectivity index is 1.47. The summed E-state index contributed by atoms with van der Waals surface area (Å²) in [4.78, 5) is 0. The van der Waals surface area contributed by atoms with Crippen LogP contribution in [0.3, 0.4) is 0 Å². The lowest BCUT2D eigenvalue weighted by Gasteiger charge is -2.10. The van der Waals surface area contributed by atoms with Gasteiger partial charge in [-0.05, 0) is 30.7 Å². The van der Waals surface area contributed by atoms with Gasteiger partial charge >= 0.3 is 0 Å². The van der Waals surface area contributed by atoms with Crippen molar-refractivity contribution in [2.75, 3.05) is 13.1 Å². The van der Waals surface area contributed by atoms with Crippen LogP contribution in [0.2, 0.25) is 0 Å². The normalized spacial score (nSPS) is 16.8. The second-order valence-corrected chi connectivity index (χ2v) is 7.41. The Labute approximate surface area is 164 Å². The smallest absolute Gasteiger partial charge is 0.156 e. The maximum Gasteiger partial charge on any atom is 0.156 e. The first kappa shape index (κ1) is 17.2. The van der Waals surface area contributed by atoms with Crippen molar-refractivity contribution in [1.29, 1.82) is 0 Å². The van der Waals surface area contributed by atoms with E-state index in [1.807, 2.05) is 28.9 Å². The predicted molar refractivity (Wildman–Crippen MR) is 111 cm³/mol. The highest BCUT2D eigenvalue weighted by molar-refractivity contribution is 5.82. The van der Waals surface area contributed by atoms with Gasteiger partial charge in [-0.1, -0.05) is 48.5 Å². The maximum atomic E-state index is 6.11. The fourth-order valence-electron chi connectivity index (χ4n) is 3.83. The van der Waals surface area contributed by atoms with Crippen LogP contribution in [-0.4, -0.2) is 28.9 Å². The van der Waals surface area contributed by atoms with Crippen LogP contribution in [0.5, 0.6) is 0 Å². The summed E-state index contributed by atoms with van der Waals surface area (Å²) in [5, 5.41) is 13.1. The molecule has 1 atom stereocenters. The number of fused-ring (bicyclic) bond motifs is 1. The number of nitrogens with one attached hydrogen (secondary N) is 2. The third-order valence-electron chi connectivity index (χ3n) is 5.33. The minimum Gasteiger partial charge on any atom is -0.454 e. The Hall–Kier alpha value is -2.89. The number of furan rings is 1. The quantitative estimate of drug-likeness (QED) is 0.541. The van der Waals surface area contributed by atoms with Crippen LogP contribution < -0.4 is 10.6 Å². The van der Waals surface area contributed by atoms with E-state index in [1.165, 1.54) is 11.1 Å². The molecule has 1 aliphatic heterocycles. The number of hydrogen-bond acceptors (Lipinski definition) is 4. The summed E-state index contributed by atoms with van der Waals surface area (Å²) in [6.07, 6.45) is 3.31. The van der Waals surface area contributed by atoms with Crippen LogP contribution >= 0.6 is 0 Å². The molecule has 142 valence electrons. The zero-order valence-corrected chi connectivity index (χ0v) is 15.8. The molecular formula is C23H24N4O. The summed E-state index contributed by atoms with van der Waals surface area (Å²) in [5.74, 6) is 0.828. The van der Waals surface area contributed by atoms with Gasteiger partial charge in [0, 0.05) is 36.3 Å². The minimum absolute atomic E-state index is 0.515. The summed E-state index contributed by atoms with van der Waals surface area (Å²) >= 11 is 0. The molecule has 5 nitrogen and oxygen atoms in total. The molecule has 1 unspecified atom stereocenters. The van der Waals surface area contributed by atoms with Crippen LogP contribution in [0.1, 0.15) is 17.5 Å². The highest BCUT2D eigenvalue weighted by Crippen LogP contribution is 2.29. The van der Waals surface area contributed by atoms with Gasteiger partial charge in [0.25, 0.3) is 0 Å². The molecule has 1 aliphatic rings. The highest BCUT2D eigenvalue weighted by Gasteiger charge is 2.18. The third kappa shape index (κ3) is 3.59. The lowest BCUT2D eigenvalue weighted by atomic mass is 10.1. The van der Waals surface area contributed by atoms with Crippen molar-refractivity contribution in [3.8, 4) is 11.5 Å². The van der Waals surface area contributed by atoms with E-state index < -0.39 is 0 Å². The second kappa shape index (κ2) is 7.62. The molecule has 3 heterocycles. The molecule has 28 heavy (non-hydrogen) atoms. The van der Waals surface area contributed by atoms with Crippen molar-refractivity contribution in [2.45, 2.75) is 25.6 Å². The molecule has 4 aromatic rings. The fourth-order valence-corrected chi connectivity index (χ4v) is 3.83. The summed E-state index contributed by atoms with van der Waals surface area (Å²) in [6.45, 7) is 3.64. The van der Waals surface area contributed by atoms with Gasteiger partial charge in [-0.2, -0.15) is 5.10 Å². The molecule has 1 saturated heterocycles. The Morgan fingerprint density at radius 2 is 1.96 bits per heavy atom. The first-order chi connectivity index (χ1) is 13.8. The zero-order valence-electron chi connectivity index (χ0n) is 15.8. The molecule has 5 rings (SSSR count). The van der Waals surface area contributed by atoms with E-state index in [1.54, 1.807) is 0 Å². The number of nitrogens with zero attached hydrogens (tertiary/aromatic N) is 2. The molecule has 0 saturated carbocycles. The van der Waals surface area contributed by atoms with E-state index >= 15 is 0 Å². The van der Waals surface area contributed by atoms with Crippen molar-refractivity contribution in [3.63, 3.8) is 0 Å². The van der Waals surface area contributed by atoms with Gasteiger partial charge < -0.3 is 15.1 Å². The predicted octanol–water partition coefficient (Wildman–Crippen LogP) is 3.80. The first-order valence-corrected chi connectivity index (χ1v) is 9.88. The van der Waals surface area contributed by atoms with Gasteiger partial charge in [0.05, 0.1) is 6.54 Å². The SMILES string of the molecule is c1ccc(Cn2cc(CNC3CCNC3)c(-c3cc4ccccc4o3)n2)cc1. The van der Waals surface area contributed by atoms with E-state index in [2.05, 4.69) is 53.2 Å². The summed E-state index contributed by atoms with van der Waals surface area (Å²) < 4.78 is 8.13. The van der Waals surface area contributed by atoms with E-state index in [4.69, 9.17) is 9.52 Å². The first-order valence-electron chi connectivity index (χ1n) is 9.88. The summed E-state index contributed by atoms with van der Waals surface area (Å²) in [5.41, 5.74) is 4.22. The molecule has 5 heteroatoms. The standard InChI is InChI=1S/C23H24N4O/c1-2-6-17(7-3-1)15-27-16-19(13-25-20-10-11-24-14-20)23(26-27)22-12-18-8-4-5-9-21(18)28-22/h1-9,12,16,20,24-25H,10-11,13-15H2. The minimum atomic E-state index is 0.515. The monoisotopic (exact) mass is 372 g/mol. The zero-order chi connectivity index (χ0) is 18.8. The Bertz CT molecular complexity index is 1030. The molecule has 2 aromatic carbocycles. The van der Waals surface area contributed by atoms with Crippen molar-refractivity contribution in [2.24, 2.45) is 0 Å². The van der Waals surface area contributed by atoms with Crippen molar-refractivity contribution in [3.05, 3.63) is 78.0 Å². The van der Waals surface area contributed by atoms with Crippen molar-refractivity contribution >= 4 is 11.0 Å². The van der Waals surface area contributed by atoms with Crippen LogP contribution in [0.25, 0.3) is 22.4 Å². The number of benzene rings is 2. The van der Waals surface area contributed by atoms with Gasteiger partial charge in [-0.25, -0.2) is 0 Å². The van der Waals surface area contributed by atoms with E-state index in [0.717, 1.165) is 55.0 Å². The average Bonchev–Trinajstić information content (AvgIpc) is 3.46. The molecular weight excluding hydrogens is 348 g/mol. The Morgan fingerprint density at radius 3 is 2.79 bits per heavy atom. The number of hydrogen-bond donors (Lipinski definition) is 2. The summed E-state index contributed by atoms with van der Waals surface area (Å²) in [7, 11) is 0. The van der Waals surface area contributed by atoms with E-state index in [0.29, 0.717) is 6.04 Å². The molecule has 0 bridgehead atoms. The van der Waals surface area contributed by atoms with Gasteiger partial charge in [-0.15, -0.1) is 0 Å². The fraction of sp³-hybridized carbons (Fsp3) is 0.261. The maximum absolute atomic E-state index is 6.11. The van der Waals surface area contributed by atoms with E-state index in [-0.39, 0.29) is 0 Å².